The molecule has 0 heterocycles. The molecule has 0 bridgehead atoms. The maximum atomic E-state index is 12.2. The highest BCUT2D eigenvalue weighted by molar-refractivity contribution is 6.02. The SMILES string of the molecule is CCNc1ccc(CN(C(C)=O)C(C(=O)OCC)C(=O)OCC)cc1. The molecule has 0 unspecified atom stereocenters. The van der Waals surface area contributed by atoms with E-state index in [1.807, 2.05) is 31.2 Å². The molecule has 25 heavy (non-hydrogen) atoms. The van der Waals surface area contributed by atoms with Crippen LogP contribution in [-0.2, 0) is 30.4 Å². The number of anilines is 1. The molecule has 0 saturated carbocycles. The third-order valence-corrected chi connectivity index (χ3v) is 3.42. The van der Waals surface area contributed by atoms with Gasteiger partial charge in [-0.2, -0.15) is 0 Å². The smallest absolute Gasteiger partial charge is 0.340 e. The second-order valence-electron chi connectivity index (χ2n) is 5.28. The number of nitrogens with zero attached hydrogens (tertiary/aromatic N) is 1. The van der Waals surface area contributed by atoms with Crippen molar-refractivity contribution in [2.75, 3.05) is 25.1 Å². The number of carbonyl (C=O) groups excluding carboxylic acids is 3. The second kappa shape index (κ2) is 10.3. The molecule has 1 N–H and O–H groups in total. The summed E-state index contributed by atoms with van der Waals surface area (Å²) in [6.07, 6.45) is 0. The molecule has 7 nitrogen and oxygen atoms in total. The van der Waals surface area contributed by atoms with Crippen LogP contribution in [-0.4, -0.2) is 48.5 Å². The molecule has 0 saturated heterocycles. The van der Waals surface area contributed by atoms with Crippen molar-refractivity contribution in [3.63, 3.8) is 0 Å². The van der Waals surface area contributed by atoms with Gasteiger partial charge in [0.15, 0.2) is 0 Å². The van der Waals surface area contributed by atoms with E-state index in [4.69, 9.17) is 9.47 Å². The van der Waals surface area contributed by atoms with Gasteiger partial charge in [0.2, 0.25) is 11.9 Å². The van der Waals surface area contributed by atoms with E-state index >= 15 is 0 Å². The van der Waals surface area contributed by atoms with Gasteiger partial charge in [0.05, 0.1) is 13.2 Å². The minimum atomic E-state index is -1.41. The van der Waals surface area contributed by atoms with E-state index in [1.54, 1.807) is 13.8 Å². The molecule has 7 heteroatoms. The first-order chi connectivity index (χ1) is 11.9. The first kappa shape index (κ1) is 20.5. The molecular weight excluding hydrogens is 324 g/mol. The van der Waals surface area contributed by atoms with Crippen LogP contribution in [0.15, 0.2) is 24.3 Å². The number of esters is 2. The molecule has 138 valence electrons. The topological polar surface area (TPSA) is 84.9 Å². The van der Waals surface area contributed by atoms with Gasteiger partial charge in [-0.15, -0.1) is 0 Å². The number of ether oxygens (including phenoxy) is 2. The van der Waals surface area contributed by atoms with Crippen molar-refractivity contribution < 1.29 is 23.9 Å². The Morgan fingerprint density at radius 3 is 1.92 bits per heavy atom. The Labute approximate surface area is 148 Å². The van der Waals surface area contributed by atoms with Crippen LogP contribution >= 0.6 is 0 Å². The van der Waals surface area contributed by atoms with Gasteiger partial charge in [0, 0.05) is 25.7 Å². The average Bonchev–Trinajstić information content (AvgIpc) is 2.56. The molecule has 0 radical (unpaired) electrons. The normalized spacial score (nSPS) is 10.3. The zero-order valence-electron chi connectivity index (χ0n) is 15.2. The fraction of sp³-hybridized carbons (Fsp3) is 0.500. The minimum Gasteiger partial charge on any atom is -0.464 e. The maximum Gasteiger partial charge on any atom is 0.340 e. The number of hydrogen-bond donors (Lipinski definition) is 1. The van der Waals surface area contributed by atoms with Crippen LogP contribution in [0.4, 0.5) is 5.69 Å². The van der Waals surface area contributed by atoms with Crippen LogP contribution in [0.2, 0.25) is 0 Å². The Bertz CT molecular complexity index is 568. The molecule has 0 aliphatic carbocycles. The van der Waals surface area contributed by atoms with Gasteiger partial charge in [-0.1, -0.05) is 12.1 Å². The predicted octanol–water partition coefficient (Wildman–Crippen LogP) is 1.96. The Hall–Kier alpha value is -2.57. The third-order valence-electron chi connectivity index (χ3n) is 3.42. The lowest BCUT2D eigenvalue weighted by molar-refractivity contribution is -0.167. The molecule has 0 aliphatic heterocycles. The summed E-state index contributed by atoms with van der Waals surface area (Å²) < 4.78 is 9.90. The molecule has 1 amide bonds. The van der Waals surface area contributed by atoms with E-state index in [0.29, 0.717) is 0 Å². The number of benzene rings is 1. The first-order valence-electron chi connectivity index (χ1n) is 8.37. The van der Waals surface area contributed by atoms with E-state index in [9.17, 15) is 14.4 Å². The van der Waals surface area contributed by atoms with Crippen LogP contribution in [0.25, 0.3) is 0 Å². The Kier molecular flexibility index (Phi) is 8.46. The fourth-order valence-corrected chi connectivity index (χ4v) is 2.31. The van der Waals surface area contributed by atoms with Gasteiger partial charge in [0.1, 0.15) is 0 Å². The molecule has 1 rings (SSSR count). The third kappa shape index (κ3) is 6.10. The lowest BCUT2D eigenvalue weighted by Gasteiger charge is -2.27. The highest BCUT2D eigenvalue weighted by atomic mass is 16.6. The van der Waals surface area contributed by atoms with Crippen LogP contribution in [0.5, 0.6) is 0 Å². The number of rotatable bonds is 9. The highest BCUT2D eigenvalue weighted by Crippen LogP contribution is 2.15. The summed E-state index contributed by atoms with van der Waals surface area (Å²) in [5, 5.41) is 3.17. The van der Waals surface area contributed by atoms with Crippen molar-refractivity contribution in [3.05, 3.63) is 29.8 Å². The van der Waals surface area contributed by atoms with E-state index in [1.165, 1.54) is 6.92 Å². The molecule has 0 aliphatic rings. The Morgan fingerprint density at radius 2 is 1.52 bits per heavy atom. The van der Waals surface area contributed by atoms with E-state index < -0.39 is 23.9 Å². The molecule has 0 atom stereocenters. The number of nitrogens with one attached hydrogen (secondary N) is 1. The predicted molar refractivity (Wildman–Crippen MR) is 93.9 cm³/mol. The maximum absolute atomic E-state index is 12.2. The first-order valence-corrected chi connectivity index (χ1v) is 8.37. The summed E-state index contributed by atoms with van der Waals surface area (Å²) in [4.78, 5) is 37.7. The summed E-state index contributed by atoms with van der Waals surface area (Å²) >= 11 is 0. The molecule has 0 spiro atoms. The number of carbonyl (C=O) groups is 3. The van der Waals surface area contributed by atoms with Crippen LogP contribution in [0, 0.1) is 0 Å². The van der Waals surface area contributed by atoms with Gasteiger partial charge >= 0.3 is 11.9 Å². The summed E-state index contributed by atoms with van der Waals surface area (Å²) in [5.74, 6) is -2.00. The van der Waals surface area contributed by atoms with Gasteiger partial charge in [-0.05, 0) is 38.5 Å². The van der Waals surface area contributed by atoms with Gasteiger partial charge in [0.25, 0.3) is 0 Å². The largest absolute Gasteiger partial charge is 0.464 e. The van der Waals surface area contributed by atoms with Crippen molar-refractivity contribution in [3.8, 4) is 0 Å². The molecule has 0 aromatic heterocycles. The zero-order chi connectivity index (χ0) is 18.8. The van der Waals surface area contributed by atoms with E-state index in [0.717, 1.165) is 22.7 Å². The summed E-state index contributed by atoms with van der Waals surface area (Å²) in [7, 11) is 0. The van der Waals surface area contributed by atoms with Gasteiger partial charge in [-0.3, -0.25) is 4.79 Å². The van der Waals surface area contributed by atoms with Crippen LogP contribution in [0.3, 0.4) is 0 Å². The van der Waals surface area contributed by atoms with E-state index in [-0.39, 0.29) is 19.8 Å². The van der Waals surface area contributed by atoms with Gasteiger partial charge < -0.3 is 19.7 Å². The van der Waals surface area contributed by atoms with Crippen LogP contribution in [0.1, 0.15) is 33.3 Å². The Balaban J connectivity index is 3.04. The standard InChI is InChI=1S/C18H26N2O5/c1-5-19-15-10-8-14(9-11-15)12-20(13(4)21)16(17(22)24-6-2)18(23)25-7-3/h8-11,16,19H,5-7,12H2,1-4H3. The highest BCUT2D eigenvalue weighted by Gasteiger charge is 2.37. The van der Waals surface area contributed by atoms with Crippen molar-refractivity contribution >= 4 is 23.5 Å². The summed E-state index contributed by atoms with van der Waals surface area (Å²) in [6, 6.07) is 6.01. The zero-order valence-corrected chi connectivity index (χ0v) is 15.2. The lowest BCUT2D eigenvalue weighted by Crippen LogP contribution is -2.50. The molecule has 0 fully saturated rings. The number of amides is 1. The van der Waals surface area contributed by atoms with E-state index in [2.05, 4.69) is 5.32 Å². The molecular formula is C18H26N2O5. The molecule has 1 aromatic rings. The average molecular weight is 350 g/mol. The summed E-state index contributed by atoms with van der Waals surface area (Å²) in [5.41, 5.74) is 1.74. The van der Waals surface area contributed by atoms with Crippen molar-refractivity contribution in [1.82, 2.24) is 4.90 Å². The van der Waals surface area contributed by atoms with Crippen LogP contribution < -0.4 is 5.32 Å². The monoisotopic (exact) mass is 350 g/mol. The summed E-state index contributed by atoms with van der Waals surface area (Å²) in [6.45, 7) is 7.69. The van der Waals surface area contributed by atoms with Gasteiger partial charge in [-0.25, -0.2) is 9.59 Å². The van der Waals surface area contributed by atoms with Crippen molar-refractivity contribution in [2.45, 2.75) is 40.3 Å². The lowest BCUT2D eigenvalue weighted by atomic mass is 10.1. The van der Waals surface area contributed by atoms with Crippen molar-refractivity contribution in [1.29, 1.82) is 0 Å². The quantitative estimate of drug-likeness (QED) is 0.541. The number of hydrogen-bond acceptors (Lipinski definition) is 6. The Morgan fingerprint density at radius 1 is 1.00 bits per heavy atom. The minimum absolute atomic E-state index is 0.101. The molecule has 1 aromatic carbocycles. The second-order valence-corrected chi connectivity index (χ2v) is 5.28. The fourth-order valence-electron chi connectivity index (χ4n) is 2.31. The van der Waals surface area contributed by atoms with Crippen molar-refractivity contribution in [2.24, 2.45) is 0 Å².